The third kappa shape index (κ3) is 6.67. The first-order valence-electron chi connectivity index (χ1n) is 14.9. The van der Waals surface area contributed by atoms with E-state index in [1.54, 1.807) is 0 Å². The fourth-order valence-corrected chi connectivity index (χ4v) is 6.34. The second-order valence-electron chi connectivity index (χ2n) is 12.2. The Morgan fingerprint density at radius 2 is 1.70 bits per heavy atom. The molecule has 44 heavy (non-hydrogen) atoms. The van der Waals surface area contributed by atoms with Crippen molar-refractivity contribution in [3.8, 4) is 0 Å². The van der Waals surface area contributed by atoms with E-state index in [-0.39, 0.29) is 23.3 Å². The predicted octanol–water partition coefficient (Wildman–Crippen LogP) is 4.31. The Kier molecular flexibility index (Phi) is 8.88. The lowest BCUT2D eigenvalue weighted by Crippen LogP contribution is -2.55. The lowest BCUT2D eigenvalue weighted by atomic mass is 9.84. The van der Waals surface area contributed by atoms with Crippen molar-refractivity contribution in [1.29, 1.82) is 0 Å². The fraction of sp³-hybridized carbons (Fsp3) is 0.548. The number of nitrogens with zero attached hydrogens (tertiary/aromatic N) is 5. The van der Waals surface area contributed by atoms with Gasteiger partial charge in [-0.25, -0.2) is 14.4 Å². The molecule has 1 aromatic heterocycles. The first-order chi connectivity index (χ1) is 20.7. The van der Waals surface area contributed by atoms with Gasteiger partial charge in [0.2, 0.25) is 17.8 Å². The summed E-state index contributed by atoms with van der Waals surface area (Å²) in [6.07, 6.45) is -3.17. The van der Waals surface area contributed by atoms with Crippen molar-refractivity contribution in [2.45, 2.75) is 58.8 Å². The molecule has 9 nitrogen and oxygen atoms in total. The van der Waals surface area contributed by atoms with Gasteiger partial charge in [-0.1, -0.05) is 6.08 Å². The van der Waals surface area contributed by atoms with Crippen LogP contribution in [0.3, 0.4) is 0 Å². The van der Waals surface area contributed by atoms with E-state index in [2.05, 4.69) is 25.5 Å². The number of likely N-dealkylation sites (N-methyl/N-ethyl adjacent to an activating group) is 1. The van der Waals surface area contributed by atoms with Crippen molar-refractivity contribution >= 4 is 34.7 Å². The van der Waals surface area contributed by atoms with Crippen molar-refractivity contribution < 1.29 is 27.2 Å². The van der Waals surface area contributed by atoms with Crippen LogP contribution in [0, 0.1) is 31.5 Å². The van der Waals surface area contributed by atoms with Crippen LogP contribution in [0.15, 0.2) is 24.3 Å². The minimum absolute atomic E-state index is 0.118. The zero-order valence-electron chi connectivity index (χ0n) is 25.6. The van der Waals surface area contributed by atoms with Gasteiger partial charge in [0, 0.05) is 68.2 Å². The summed E-state index contributed by atoms with van der Waals surface area (Å²) in [6.45, 7) is 9.53. The van der Waals surface area contributed by atoms with E-state index >= 15 is 4.39 Å². The Labute approximate surface area is 254 Å². The number of hydrogen-bond donors (Lipinski definition) is 2. The number of hydrogen-bond acceptors (Lipinski definition) is 7. The maximum absolute atomic E-state index is 15.9. The van der Waals surface area contributed by atoms with Crippen LogP contribution in [0.4, 0.5) is 34.9 Å². The zero-order valence-corrected chi connectivity index (χ0v) is 25.6. The molecule has 2 N–H and O–H groups in total. The van der Waals surface area contributed by atoms with Crippen LogP contribution in [0.25, 0.3) is 5.57 Å². The molecule has 3 aliphatic rings. The summed E-state index contributed by atoms with van der Waals surface area (Å²) in [6, 6.07) is 5.04. The number of aryl methyl sites for hydroxylation is 2. The summed E-state index contributed by atoms with van der Waals surface area (Å²) in [5.41, 5.74) is 3.36. The Morgan fingerprint density at radius 3 is 2.30 bits per heavy atom. The number of aromatic nitrogens is 2. The van der Waals surface area contributed by atoms with Crippen LogP contribution in [0.2, 0.25) is 0 Å². The largest absolute Gasteiger partial charge is 0.393 e. The highest BCUT2D eigenvalue weighted by Crippen LogP contribution is 2.39. The summed E-state index contributed by atoms with van der Waals surface area (Å²) in [7, 11) is 2.01. The van der Waals surface area contributed by atoms with E-state index < -0.39 is 48.6 Å². The molecule has 1 aromatic carbocycles. The molecule has 4 atom stereocenters. The molecule has 2 aromatic rings. The molecule has 4 heterocycles. The van der Waals surface area contributed by atoms with Gasteiger partial charge in [0.25, 0.3) is 0 Å². The quantitative estimate of drug-likeness (QED) is 0.484. The van der Waals surface area contributed by atoms with Crippen LogP contribution < -0.4 is 20.4 Å². The van der Waals surface area contributed by atoms with E-state index in [0.29, 0.717) is 44.2 Å². The molecular formula is C31H39F4N7O2. The summed E-state index contributed by atoms with van der Waals surface area (Å²) in [4.78, 5) is 40.5. The van der Waals surface area contributed by atoms with E-state index in [0.717, 1.165) is 17.0 Å². The maximum atomic E-state index is 15.9. The monoisotopic (exact) mass is 617 g/mol. The van der Waals surface area contributed by atoms with Gasteiger partial charge >= 0.3 is 6.18 Å². The van der Waals surface area contributed by atoms with Gasteiger partial charge < -0.3 is 20.4 Å². The lowest BCUT2D eigenvalue weighted by molar-refractivity contribution is -0.197. The second-order valence-corrected chi connectivity index (χ2v) is 12.2. The van der Waals surface area contributed by atoms with Crippen LogP contribution in [0.1, 0.15) is 43.6 Å². The van der Waals surface area contributed by atoms with Gasteiger partial charge in [0.05, 0.1) is 23.2 Å². The summed E-state index contributed by atoms with van der Waals surface area (Å²) in [5, 5.41) is 5.11. The highest BCUT2D eigenvalue weighted by molar-refractivity contribution is 5.98. The first kappa shape index (κ1) is 31.7. The minimum atomic E-state index is -4.72. The Hall–Kier alpha value is -3.74. The van der Waals surface area contributed by atoms with Crippen molar-refractivity contribution in [2.75, 3.05) is 54.9 Å². The number of benzene rings is 1. The SMILES string of the molecule is Cc1cc(C)nc(N2CC=C(c3cc(NC(=O)C4CNC(=O)CC4C(F)(F)F)c(N4C[C@@H](C)N(C)[C@@H](C)C4)cc3F)CC2)n1. The lowest BCUT2D eigenvalue weighted by Gasteiger charge is -2.44. The number of carbonyl (C=O) groups excluding carboxylic acids is 2. The molecule has 0 bridgehead atoms. The van der Waals surface area contributed by atoms with Gasteiger partial charge in [0.15, 0.2) is 0 Å². The molecule has 3 aliphatic heterocycles. The molecule has 0 aliphatic carbocycles. The van der Waals surface area contributed by atoms with E-state index in [1.807, 2.05) is 56.7 Å². The Morgan fingerprint density at radius 1 is 1.05 bits per heavy atom. The molecule has 0 radical (unpaired) electrons. The van der Waals surface area contributed by atoms with Crippen molar-refractivity contribution in [1.82, 2.24) is 20.2 Å². The van der Waals surface area contributed by atoms with Gasteiger partial charge in [-0.15, -0.1) is 0 Å². The maximum Gasteiger partial charge on any atom is 0.393 e. The molecule has 0 spiro atoms. The Balaban J connectivity index is 1.48. The topological polar surface area (TPSA) is 93.7 Å². The third-order valence-electron chi connectivity index (χ3n) is 9.02. The van der Waals surface area contributed by atoms with Crippen molar-refractivity contribution in [3.63, 3.8) is 0 Å². The van der Waals surface area contributed by atoms with Crippen LogP contribution in [0.5, 0.6) is 0 Å². The van der Waals surface area contributed by atoms with E-state index in [4.69, 9.17) is 0 Å². The van der Waals surface area contributed by atoms with Crippen LogP contribution in [-0.4, -0.2) is 84.7 Å². The van der Waals surface area contributed by atoms with Gasteiger partial charge in [0.1, 0.15) is 5.82 Å². The van der Waals surface area contributed by atoms with E-state index in [1.165, 1.54) is 12.1 Å². The first-order valence-corrected chi connectivity index (χ1v) is 14.9. The number of anilines is 3. The molecular weight excluding hydrogens is 578 g/mol. The highest BCUT2D eigenvalue weighted by Gasteiger charge is 2.50. The highest BCUT2D eigenvalue weighted by atomic mass is 19.4. The molecule has 238 valence electrons. The summed E-state index contributed by atoms with van der Waals surface area (Å²) < 4.78 is 57.5. The normalized spacial score (nSPS) is 25.0. The van der Waals surface area contributed by atoms with Gasteiger partial charge in [-0.3, -0.25) is 14.5 Å². The van der Waals surface area contributed by atoms with Gasteiger partial charge in [-0.2, -0.15) is 13.2 Å². The van der Waals surface area contributed by atoms with Crippen LogP contribution >= 0.6 is 0 Å². The molecule has 0 saturated carbocycles. The van der Waals surface area contributed by atoms with Crippen molar-refractivity contribution in [3.05, 3.63) is 47.0 Å². The number of alkyl halides is 3. The number of nitrogens with one attached hydrogen (secondary N) is 2. The number of halogens is 4. The van der Waals surface area contributed by atoms with Crippen molar-refractivity contribution in [2.24, 2.45) is 11.8 Å². The van der Waals surface area contributed by atoms with Gasteiger partial charge in [-0.05, 0) is 64.9 Å². The number of piperazine rings is 1. The average Bonchev–Trinajstić information content (AvgIpc) is 2.95. The smallest absolute Gasteiger partial charge is 0.367 e. The molecule has 2 saturated heterocycles. The average molecular weight is 618 g/mol. The molecule has 2 amide bonds. The molecule has 2 fully saturated rings. The van der Waals surface area contributed by atoms with E-state index in [9.17, 15) is 22.8 Å². The Bertz CT molecular complexity index is 1430. The second kappa shape index (κ2) is 12.3. The third-order valence-corrected chi connectivity index (χ3v) is 9.02. The number of rotatable bonds is 5. The van der Waals surface area contributed by atoms with Crippen LogP contribution in [-0.2, 0) is 9.59 Å². The number of piperidine rings is 1. The predicted molar refractivity (Wildman–Crippen MR) is 161 cm³/mol. The zero-order chi connectivity index (χ0) is 31.9. The fourth-order valence-electron chi connectivity index (χ4n) is 6.34. The minimum Gasteiger partial charge on any atom is -0.367 e. The number of amides is 2. The molecule has 2 unspecified atom stereocenters. The molecule has 5 rings (SSSR count). The molecule has 13 heteroatoms. The standard InChI is InChI=1S/C31H39F4N7O2/c1-17-10-18(2)38-30(37-17)41-8-6-21(7-9-41)22-11-26(27(13-25(22)32)42-15-19(3)40(5)20(4)16-42)39-29(44)23-14-36-28(43)12-24(23)31(33,34)35/h6,10-11,13,19-20,23-24H,7-9,12,14-16H2,1-5H3,(H,36,43)(H,39,44)/t19-,20+,23?,24?. The summed E-state index contributed by atoms with van der Waals surface area (Å²) in [5.74, 6) is -5.11. The summed E-state index contributed by atoms with van der Waals surface area (Å²) >= 11 is 0. The number of carbonyl (C=O) groups is 2.